The molecule has 0 aliphatic carbocycles. The summed E-state index contributed by atoms with van der Waals surface area (Å²) in [6, 6.07) is 16.9. The number of benzene rings is 2. The van der Waals surface area contributed by atoms with E-state index in [1.54, 1.807) is 6.07 Å². The molecule has 0 saturated carbocycles. The highest BCUT2D eigenvalue weighted by molar-refractivity contribution is 7.92. The van der Waals surface area contributed by atoms with Gasteiger partial charge in [0.1, 0.15) is 0 Å². The molecule has 0 aliphatic rings. The molecule has 4 nitrogen and oxygen atoms in total. The molecule has 0 saturated heterocycles. The predicted molar refractivity (Wildman–Crippen MR) is 97.4 cm³/mol. The molecule has 7 heteroatoms. The van der Waals surface area contributed by atoms with Crippen molar-refractivity contribution in [2.45, 2.75) is 4.90 Å². The van der Waals surface area contributed by atoms with Crippen molar-refractivity contribution in [3.8, 4) is 10.4 Å². The van der Waals surface area contributed by atoms with Gasteiger partial charge < -0.3 is 0 Å². The molecule has 0 amide bonds. The maximum atomic E-state index is 12.5. The molecule has 0 unspecified atom stereocenters. The second-order valence-electron chi connectivity index (χ2n) is 4.93. The first kappa shape index (κ1) is 16.7. The first-order valence-electron chi connectivity index (χ1n) is 6.92. The number of hydrogen-bond acceptors (Lipinski definition) is 4. The van der Waals surface area contributed by atoms with Crippen molar-refractivity contribution in [1.82, 2.24) is 0 Å². The highest BCUT2D eigenvalue weighted by atomic mass is 35.5. The van der Waals surface area contributed by atoms with E-state index < -0.39 is 10.0 Å². The van der Waals surface area contributed by atoms with Crippen LogP contribution < -0.4 is 4.72 Å². The molecule has 122 valence electrons. The minimum absolute atomic E-state index is 0.0798. The van der Waals surface area contributed by atoms with Crippen molar-refractivity contribution in [3.63, 3.8) is 0 Å². The molecule has 3 aromatic rings. The zero-order chi connectivity index (χ0) is 17.2. The van der Waals surface area contributed by atoms with Gasteiger partial charge in [-0.1, -0.05) is 41.9 Å². The number of carbonyl (C=O) groups is 1. The molecule has 2 aromatic carbocycles. The van der Waals surface area contributed by atoms with E-state index >= 15 is 0 Å². The molecule has 3 rings (SSSR count). The van der Waals surface area contributed by atoms with Crippen LogP contribution in [0.5, 0.6) is 0 Å². The van der Waals surface area contributed by atoms with E-state index in [1.807, 2.05) is 30.3 Å². The Bertz CT molecular complexity index is 965. The van der Waals surface area contributed by atoms with Crippen LogP contribution in [0, 0.1) is 0 Å². The van der Waals surface area contributed by atoms with E-state index in [2.05, 4.69) is 4.72 Å². The summed E-state index contributed by atoms with van der Waals surface area (Å²) in [7, 11) is -3.79. The molecule has 0 bridgehead atoms. The minimum atomic E-state index is -3.79. The number of thiophene rings is 1. The van der Waals surface area contributed by atoms with Gasteiger partial charge in [-0.05, 0) is 35.9 Å². The van der Waals surface area contributed by atoms with Gasteiger partial charge in [0.05, 0.1) is 15.5 Å². The lowest BCUT2D eigenvalue weighted by molar-refractivity contribution is 0.112. The van der Waals surface area contributed by atoms with E-state index in [1.165, 1.54) is 35.6 Å². The van der Waals surface area contributed by atoms with Gasteiger partial charge >= 0.3 is 0 Å². The van der Waals surface area contributed by atoms with Gasteiger partial charge in [0.25, 0.3) is 10.0 Å². The Kier molecular flexibility index (Phi) is 4.71. The lowest BCUT2D eigenvalue weighted by Gasteiger charge is -2.07. The number of aldehydes is 1. The molecular formula is C17H12ClNO3S2. The molecule has 1 N–H and O–H groups in total. The topological polar surface area (TPSA) is 63.2 Å². The molecule has 0 fully saturated rings. The van der Waals surface area contributed by atoms with Crippen molar-refractivity contribution >= 4 is 44.9 Å². The Balaban J connectivity index is 1.96. The quantitative estimate of drug-likeness (QED) is 0.656. The minimum Gasteiger partial charge on any atom is -0.297 e. The summed E-state index contributed by atoms with van der Waals surface area (Å²) in [6.07, 6.45) is 0.650. The van der Waals surface area contributed by atoms with Crippen LogP contribution in [0.3, 0.4) is 0 Å². The molecule has 0 radical (unpaired) electrons. The molecular weight excluding hydrogens is 366 g/mol. The fourth-order valence-electron chi connectivity index (χ4n) is 2.13. The highest BCUT2D eigenvalue weighted by Crippen LogP contribution is 2.34. The summed E-state index contributed by atoms with van der Waals surface area (Å²) in [5.74, 6) is 0. The van der Waals surface area contributed by atoms with Gasteiger partial charge in [0.2, 0.25) is 0 Å². The first-order chi connectivity index (χ1) is 11.5. The van der Waals surface area contributed by atoms with Gasteiger partial charge in [-0.15, -0.1) is 11.3 Å². The van der Waals surface area contributed by atoms with Crippen LogP contribution in [-0.2, 0) is 10.0 Å². The second-order valence-corrected chi connectivity index (χ2v) is 8.13. The van der Waals surface area contributed by atoms with E-state index in [-0.39, 0.29) is 10.6 Å². The lowest BCUT2D eigenvalue weighted by atomic mass is 10.2. The van der Waals surface area contributed by atoms with E-state index in [9.17, 15) is 13.2 Å². The van der Waals surface area contributed by atoms with Gasteiger partial charge in [-0.3, -0.25) is 9.52 Å². The van der Waals surface area contributed by atoms with E-state index in [0.717, 1.165) is 10.4 Å². The third-order valence-electron chi connectivity index (χ3n) is 3.29. The fraction of sp³-hybridized carbons (Fsp3) is 0. The zero-order valence-electron chi connectivity index (χ0n) is 12.3. The number of nitrogens with one attached hydrogen (secondary N) is 1. The Hall–Kier alpha value is -2.15. The van der Waals surface area contributed by atoms with Gasteiger partial charge in [0, 0.05) is 9.90 Å². The summed E-state index contributed by atoms with van der Waals surface area (Å²) in [4.78, 5) is 12.5. The van der Waals surface area contributed by atoms with Crippen LogP contribution in [0.25, 0.3) is 10.4 Å². The number of carbonyl (C=O) groups excluding carboxylic acids is 1. The molecule has 24 heavy (non-hydrogen) atoms. The fourth-order valence-corrected chi connectivity index (χ4v) is 4.33. The van der Waals surface area contributed by atoms with Crippen molar-refractivity contribution in [2.75, 3.05) is 4.72 Å². The van der Waals surface area contributed by atoms with Gasteiger partial charge in [-0.25, -0.2) is 8.42 Å². The molecule has 1 heterocycles. The van der Waals surface area contributed by atoms with Gasteiger partial charge in [-0.2, -0.15) is 0 Å². The third kappa shape index (κ3) is 3.51. The summed E-state index contributed by atoms with van der Waals surface area (Å²) >= 11 is 7.02. The van der Waals surface area contributed by atoms with E-state index in [0.29, 0.717) is 16.2 Å². The third-order valence-corrected chi connectivity index (χ3v) is 6.04. The standard InChI is InChI=1S/C17H12ClNO3S2/c18-13-6-8-14(9-7-13)24(21,22)19-15-10-16(23-17(15)11-20)12-4-2-1-3-5-12/h1-11,19H. The van der Waals surface area contributed by atoms with Crippen LogP contribution in [-0.4, -0.2) is 14.7 Å². The smallest absolute Gasteiger partial charge is 0.261 e. The monoisotopic (exact) mass is 377 g/mol. The number of anilines is 1. The first-order valence-corrected chi connectivity index (χ1v) is 9.60. The van der Waals surface area contributed by atoms with Crippen LogP contribution in [0.4, 0.5) is 5.69 Å². The Labute approximate surface area is 148 Å². The summed E-state index contributed by atoms with van der Waals surface area (Å²) in [5, 5.41) is 0.449. The SMILES string of the molecule is O=Cc1sc(-c2ccccc2)cc1NS(=O)(=O)c1ccc(Cl)cc1. The summed E-state index contributed by atoms with van der Waals surface area (Å²) in [6.45, 7) is 0. The maximum Gasteiger partial charge on any atom is 0.261 e. The van der Waals surface area contributed by atoms with Crippen molar-refractivity contribution in [1.29, 1.82) is 0 Å². The Morgan fingerprint density at radius 1 is 1.00 bits per heavy atom. The van der Waals surface area contributed by atoms with Crippen LogP contribution in [0.1, 0.15) is 9.67 Å². The Morgan fingerprint density at radius 3 is 2.29 bits per heavy atom. The van der Waals surface area contributed by atoms with Crippen molar-refractivity contribution < 1.29 is 13.2 Å². The highest BCUT2D eigenvalue weighted by Gasteiger charge is 2.18. The average molecular weight is 378 g/mol. The summed E-state index contributed by atoms with van der Waals surface area (Å²) < 4.78 is 27.4. The predicted octanol–water partition coefficient (Wildman–Crippen LogP) is 4.68. The number of hydrogen-bond donors (Lipinski definition) is 1. The lowest BCUT2D eigenvalue weighted by Crippen LogP contribution is -2.13. The molecule has 0 spiro atoms. The number of sulfonamides is 1. The van der Waals surface area contributed by atoms with Crippen LogP contribution in [0.15, 0.2) is 65.6 Å². The zero-order valence-corrected chi connectivity index (χ0v) is 14.7. The van der Waals surface area contributed by atoms with E-state index in [4.69, 9.17) is 11.6 Å². The van der Waals surface area contributed by atoms with Crippen molar-refractivity contribution in [2.24, 2.45) is 0 Å². The Morgan fingerprint density at radius 2 is 1.67 bits per heavy atom. The van der Waals surface area contributed by atoms with Crippen LogP contribution in [0.2, 0.25) is 5.02 Å². The normalized spacial score (nSPS) is 11.2. The molecule has 0 aliphatic heterocycles. The summed E-state index contributed by atoms with van der Waals surface area (Å²) in [5.41, 5.74) is 1.19. The molecule has 0 atom stereocenters. The number of rotatable bonds is 5. The number of halogens is 1. The largest absolute Gasteiger partial charge is 0.297 e. The van der Waals surface area contributed by atoms with Crippen molar-refractivity contribution in [3.05, 3.63) is 70.6 Å². The maximum absolute atomic E-state index is 12.5. The van der Waals surface area contributed by atoms with Crippen LogP contribution >= 0.6 is 22.9 Å². The average Bonchev–Trinajstić information content (AvgIpc) is 2.98. The van der Waals surface area contributed by atoms with Gasteiger partial charge in [0.15, 0.2) is 6.29 Å². The molecule has 1 aromatic heterocycles. The second kappa shape index (κ2) is 6.76.